The number of fused-ring (bicyclic) bond motifs is 3. The maximum atomic E-state index is 14.2. The lowest BCUT2D eigenvalue weighted by Gasteiger charge is -2.35. The molecule has 0 amide bonds. The van der Waals surface area contributed by atoms with Gasteiger partial charge in [0.05, 0.1) is 25.4 Å². The van der Waals surface area contributed by atoms with Crippen molar-refractivity contribution >= 4 is 5.97 Å². The van der Waals surface area contributed by atoms with E-state index in [1.165, 1.54) is 86.0 Å². The lowest BCUT2D eigenvalue weighted by atomic mass is 9.68. The van der Waals surface area contributed by atoms with Crippen molar-refractivity contribution in [1.29, 1.82) is 0 Å². The van der Waals surface area contributed by atoms with Crippen LogP contribution in [0.5, 0.6) is 74.7 Å². The zero-order valence-corrected chi connectivity index (χ0v) is 43.0. The van der Waals surface area contributed by atoms with E-state index < -0.39 is 59.6 Å². The standard InChI is InChI=1S/C66H52O15/c1-79-50(77)29-45(30-2-12-36(67)13-3-30)58-63(78)61-56(47-26-44(75)28-49-55(47)53(35-22-41(72)24-42(73)23-35)64(80-49)33-8-18-39(70)19-9-33)52(32-6-16-38(69)17-7-32)59-51(31-4-14-37(68)15-5-31)54-46(25-43(74)27-48(54)76)57-62(60(59)61)66(58)81-65(57)34-10-20-40(71)21-11-34/h2-28,45,51-53,56-57,59,64-65,67-76,78H,29H2,1H3/t45-,51-,52+,53+,56+,57-,59-,64-,65+/m1/s1. The van der Waals surface area contributed by atoms with Gasteiger partial charge in [0.15, 0.2) is 0 Å². The first-order chi connectivity index (χ1) is 39.0. The molecular weight excluding hydrogens is 1030 g/mol. The maximum absolute atomic E-state index is 14.2. The maximum Gasteiger partial charge on any atom is 0.306 e. The number of hydrogen-bond donors (Lipinski definition) is 11. The van der Waals surface area contributed by atoms with Gasteiger partial charge in [0.25, 0.3) is 0 Å². The molecule has 2 aliphatic carbocycles. The summed E-state index contributed by atoms with van der Waals surface area (Å²) in [5.74, 6) is -8.67. The zero-order valence-electron chi connectivity index (χ0n) is 43.0. The van der Waals surface area contributed by atoms with Crippen LogP contribution in [-0.4, -0.2) is 69.3 Å². The smallest absolute Gasteiger partial charge is 0.306 e. The van der Waals surface area contributed by atoms with Crippen molar-refractivity contribution in [3.63, 3.8) is 0 Å². The highest BCUT2D eigenvalue weighted by atomic mass is 16.5. The average Bonchev–Trinajstić information content (AvgIpc) is 1.86. The van der Waals surface area contributed by atoms with Crippen molar-refractivity contribution < 1.29 is 75.2 Å². The number of esters is 1. The van der Waals surface area contributed by atoms with Gasteiger partial charge in [-0.3, -0.25) is 4.79 Å². The Morgan fingerprint density at radius 2 is 0.901 bits per heavy atom. The second kappa shape index (κ2) is 19.0. The van der Waals surface area contributed by atoms with E-state index in [2.05, 4.69) is 0 Å². The summed E-state index contributed by atoms with van der Waals surface area (Å²) in [7, 11) is 1.25. The van der Waals surface area contributed by atoms with Gasteiger partial charge in [0.1, 0.15) is 87.0 Å². The number of benzene rings is 9. The van der Waals surface area contributed by atoms with Gasteiger partial charge >= 0.3 is 5.97 Å². The molecule has 11 N–H and O–H groups in total. The van der Waals surface area contributed by atoms with Gasteiger partial charge in [-0.1, -0.05) is 60.7 Å². The average molecular weight is 1090 g/mol. The molecule has 9 aromatic rings. The molecule has 0 radical (unpaired) electrons. The van der Waals surface area contributed by atoms with E-state index in [0.29, 0.717) is 72.3 Å². The molecule has 81 heavy (non-hydrogen) atoms. The largest absolute Gasteiger partial charge is 0.508 e. The molecule has 0 aromatic heterocycles. The van der Waals surface area contributed by atoms with E-state index in [1.807, 2.05) is 0 Å². The quantitative estimate of drug-likeness (QED) is 0.0569. The Balaban J connectivity index is 1.22. The van der Waals surface area contributed by atoms with E-state index in [0.717, 1.165) is 0 Å². The SMILES string of the molecule is COC(=O)C[C@H](c1ccc(O)cc1)c1c(O)c2c3c4c1O[C@@H](c1ccc(O)cc1)[C@@H]4c1cc(O)cc(O)c1[C@@H](c1ccc(O)cc1)[C@@H]3[C@@H](c1ccc(O)cc1)[C@@H]2c1cc(O)cc2c1[C@H](c1cc(O)cc(O)c1)[C@@H](c1ccc(O)cc1)O2. The molecule has 15 nitrogen and oxygen atoms in total. The molecule has 0 fully saturated rings. The van der Waals surface area contributed by atoms with Gasteiger partial charge in [0.2, 0.25) is 0 Å². The number of methoxy groups -OCH3 is 1. The Kier molecular flexibility index (Phi) is 11.8. The summed E-state index contributed by atoms with van der Waals surface area (Å²) in [5, 5.41) is 127. The fourth-order valence-electron chi connectivity index (χ4n) is 13.8. The molecule has 406 valence electrons. The molecule has 0 unspecified atom stereocenters. The van der Waals surface area contributed by atoms with Crippen LogP contribution in [0.4, 0.5) is 0 Å². The monoisotopic (exact) mass is 1080 g/mol. The number of hydrogen-bond acceptors (Lipinski definition) is 15. The second-order valence-electron chi connectivity index (χ2n) is 21.4. The van der Waals surface area contributed by atoms with Gasteiger partial charge in [-0.25, -0.2) is 0 Å². The van der Waals surface area contributed by atoms with E-state index in [1.54, 1.807) is 84.9 Å². The summed E-state index contributed by atoms with van der Waals surface area (Å²) in [6.45, 7) is 0. The molecule has 0 bridgehead atoms. The third-order valence-electron chi connectivity index (χ3n) is 16.9. The van der Waals surface area contributed by atoms with Crippen LogP contribution in [0.3, 0.4) is 0 Å². The minimum absolute atomic E-state index is 0.0107. The van der Waals surface area contributed by atoms with Gasteiger partial charge in [-0.2, -0.15) is 0 Å². The topological polar surface area (TPSA) is 267 Å². The van der Waals surface area contributed by atoms with Crippen LogP contribution >= 0.6 is 0 Å². The first kappa shape index (κ1) is 50.4. The van der Waals surface area contributed by atoms with Crippen molar-refractivity contribution in [1.82, 2.24) is 0 Å². The molecule has 4 aliphatic rings. The summed E-state index contributed by atoms with van der Waals surface area (Å²) in [5.41, 5.74) is 6.51. The van der Waals surface area contributed by atoms with Crippen LogP contribution < -0.4 is 9.47 Å². The van der Waals surface area contributed by atoms with E-state index in [-0.39, 0.29) is 86.7 Å². The van der Waals surface area contributed by atoms with Crippen LogP contribution in [0, 0.1) is 0 Å². The van der Waals surface area contributed by atoms with Crippen LogP contribution in [-0.2, 0) is 9.53 Å². The molecule has 9 aromatic carbocycles. The van der Waals surface area contributed by atoms with Crippen molar-refractivity contribution in [3.05, 3.63) is 242 Å². The molecule has 0 saturated carbocycles. The molecule has 0 spiro atoms. The zero-order chi connectivity index (χ0) is 56.3. The van der Waals surface area contributed by atoms with Crippen LogP contribution in [0.2, 0.25) is 0 Å². The third kappa shape index (κ3) is 8.21. The molecule has 2 aliphatic heterocycles. The Bertz CT molecular complexity index is 3950. The summed E-state index contributed by atoms with van der Waals surface area (Å²) >= 11 is 0. The van der Waals surface area contributed by atoms with Crippen LogP contribution in [0.1, 0.15) is 138 Å². The number of carbonyl (C=O) groups excluding carboxylic acids is 1. The first-order valence-electron chi connectivity index (χ1n) is 26.3. The number of rotatable bonds is 10. The predicted octanol–water partition coefficient (Wildman–Crippen LogP) is 11.8. The fraction of sp³-hybridized carbons (Fsp3) is 0.167. The molecule has 15 heteroatoms. The van der Waals surface area contributed by atoms with Gasteiger partial charge < -0.3 is 70.4 Å². The van der Waals surface area contributed by atoms with Gasteiger partial charge in [-0.05, 0) is 135 Å². The van der Waals surface area contributed by atoms with E-state index >= 15 is 0 Å². The minimum Gasteiger partial charge on any atom is -0.508 e. The third-order valence-corrected chi connectivity index (χ3v) is 16.9. The Morgan fingerprint density at radius 1 is 0.420 bits per heavy atom. The molecule has 0 saturated heterocycles. The number of phenolic OH excluding ortho intramolecular Hbond substituents is 11. The second-order valence-corrected chi connectivity index (χ2v) is 21.4. The molecule has 9 atom stereocenters. The molecule has 13 rings (SSSR count). The number of ether oxygens (including phenoxy) is 3. The normalized spacial score (nSPS) is 21.2. The Labute approximate surface area is 462 Å². The lowest BCUT2D eigenvalue weighted by Crippen LogP contribution is -2.21. The highest BCUT2D eigenvalue weighted by Crippen LogP contribution is 2.73. The van der Waals surface area contributed by atoms with Crippen molar-refractivity contribution in [3.8, 4) is 74.7 Å². The number of phenols is 11. The molecule has 2 heterocycles. The van der Waals surface area contributed by atoms with Crippen LogP contribution in [0.25, 0.3) is 0 Å². The summed E-state index contributed by atoms with van der Waals surface area (Å²) in [6.07, 6.45) is -2.28. The van der Waals surface area contributed by atoms with E-state index in [4.69, 9.17) is 14.2 Å². The first-order valence-corrected chi connectivity index (χ1v) is 26.3. The lowest BCUT2D eigenvalue weighted by molar-refractivity contribution is -0.140. The predicted molar refractivity (Wildman–Crippen MR) is 294 cm³/mol. The van der Waals surface area contributed by atoms with Crippen molar-refractivity contribution in [2.24, 2.45) is 0 Å². The minimum atomic E-state index is -1.07. The highest BCUT2D eigenvalue weighted by Gasteiger charge is 2.59. The van der Waals surface area contributed by atoms with Crippen molar-refractivity contribution in [2.45, 2.75) is 60.1 Å². The number of aromatic hydroxyl groups is 11. The fourth-order valence-corrected chi connectivity index (χ4v) is 13.8. The Hall–Kier alpha value is -10.2. The van der Waals surface area contributed by atoms with Gasteiger partial charge in [0, 0.05) is 75.6 Å². The van der Waals surface area contributed by atoms with Crippen molar-refractivity contribution in [2.75, 3.05) is 7.11 Å². The van der Waals surface area contributed by atoms with E-state index in [9.17, 15) is 61.0 Å². The summed E-state index contributed by atoms with van der Waals surface area (Å²) in [4.78, 5) is 13.9. The van der Waals surface area contributed by atoms with Gasteiger partial charge in [-0.15, -0.1) is 0 Å². The Morgan fingerprint density at radius 3 is 1.46 bits per heavy atom. The summed E-state index contributed by atoms with van der Waals surface area (Å²) < 4.78 is 19.6. The van der Waals surface area contributed by atoms with Crippen LogP contribution in [0.15, 0.2) is 164 Å². The molecular formula is C66H52O15. The summed E-state index contributed by atoms with van der Waals surface area (Å²) in [6, 6.07) is 42.3. The highest BCUT2D eigenvalue weighted by molar-refractivity contribution is 5.79. The number of carbonyl (C=O) groups is 1.